The maximum absolute atomic E-state index is 10.0. The van der Waals surface area contributed by atoms with Crippen molar-refractivity contribution < 1.29 is 14.6 Å². The number of carboxylic acids is 1. The monoisotopic (exact) mass is 161 g/mol. The molecule has 1 aliphatic rings. The highest BCUT2D eigenvalue weighted by Gasteiger charge is 2.14. The maximum atomic E-state index is 10.0. The summed E-state index contributed by atoms with van der Waals surface area (Å²) in [6, 6.07) is -0.713. The molecule has 0 bridgehead atoms. The van der Waals surface area contributed by atoms with Crippen molar-refractivity contribution >= 4 is 5.97 Å². The first-order chi connectivity index (χ1) is 5.05. The number of rotatable bonds is 2. The summed E-state index contributed by atoms with van der Waals surface area (Å²) >= 11 is 0. The van der Waals surface area contributed by atoms with Gasteiger partial charge in [0.1, 0.15) is 6.04 Å². The molecule has 66 valence electrons. The quantitative estimate of drug-likeness (QED) is 0.562. The minimum Gasteiger partial charge on any atom is -0.480 e. The number of aliphatic carboxylic acids is 1. The van der Waals surface area contributed by atoms with E-state index in [0.29, 0.717) is 0 Å². The Bertz CT molecular complexity index is 120. The van der Waals surface area contributed by atoms with Gasteiger partial charge in [-0.05, 0) is 5.92 Å². The molecular formula is C7H15NO3. The molecule has 0 radical (unpaired) electrons. The lowest BCUT2D eigenvalue weighted by Gasteiger charge is -2.07. The van der Waals surface area contributed by atoms with E-state index >= 15 is 0 Å². The molecule has 11 heavy (non-hydrogen) atoms. The molecule has 0 unspecified atom stereocenters. The van der Waals surface area contributed by atoms with Gasteiger partial charge < -0.3 is 15.6 Å². The molecule has 4 heteroatoms. The summed E-state index contributed by atoms with van der Waals surface area (Å²) < 4.78 is 4.50. The largest absolute Gasteiger partial charge is 0.480 e. The van der Waals surface area contributed by atoms with Gasteiger partial charge in [-0.1, -0.05) is 13.8 Å². The number of hydrogen-bond acceptors (Lipinski definition) is 3. The van der Waals surface area contributed by atoms with Crippen molar-refractivity contribution in [3.8, 4) is 0 Å². The third kappa shape index (κ3) is 7.29. The zero-order chi connectivity index (χ0) is 8.85. The fraction of sp³-hybridized carbons (Fsp3) is 0.857. The van der Waals surface area contributed by atoms with Gasteiger partial charge in [0.25, 0.3) is 0 Å². The third-order valence-corrected chi connectivity index (χ3v) is 1.21. The Morgan fingerprint density at radius 2 is 1.91 bits per heavy atom. The molecule has 1 fully saturated rings. The van der Waals surface area contributed by atoms with E-state index < -0.39 is 12.0 Å². The molecule has 1 saturated heterocycles. The minimum absolute atomic E-state index is 0.0208. The lowest BCUT2D eigenvalue weighted by Crippen LogP contribution is -2.34. The topological polar surface area (TPSA) is 75.8 Å². The van der Waals surface area contributed by atoms with Crippen LogP contribution in [0.3, 0.4) is 0 Å². The lowest BCUT2D eigenvalue weighted by atomic mass is 10.1. The van der Waals surface area contributed by atoms with Gasteiger partial charge in [0.05, 0.1) is 13.2 Å². The molecule has 0 aromatic rings. The lowest BCUT2D eigenvalue weighted by molar-refractivity contribution is -0.139. The summed E-state index contributed by atoms with van der Waals surface area (Å²) in [7, 11) is 0. The van der Waals surface area contributed by atoms with Gasteiger partial charge >= 0.3 is 5.97 Å². The van der Waals surface area contributed by atoms with Crippen molar-refractivity contribution in [2.75, 3.05) is 13.2 Å². The Hall–Kier alpha value is -0.610. The van der Waals surface area contributed by atoms with Crippen molar-refractivity contribution in [3.63, 3.8) is 0 Å². The van der Waals surface area contributed by atoms with Crippen molar-refractivity contribution in [2.24, 2.45) is 11.7 Å². The van der Waals surface area contributed by atoms with E-state index in [1.807, 2.05) is 0 Å². The Labute approximate surface area is 66.3 Å². The SMILES string of the molecule is C1CO1.CC(C)[C@H](N)C(=O)O. The first-order valence-corrected chi connectivity index (χ1v) is 3.62. The van der Waals surface area contributed by atoms with Crippen LogP contribution in [0.25, 0.3) is 0 Å². The summed E-state index contributed by atoms with van der Waals surface area (Å²) in [6.45, 7) is 5.55. The molecule has 0 amide bonds. The van der Waals surface area contributed by atoms with Crippen LogP contribution in [-0.2, 0) is 9.53 Å². The smallest absolute Gasteiger partial charge is 0.320 e. The number of nitrogens with two attached hydrogens (primary N) is 1. The fourth-order valence-corrected chi connectivity index (χ4v) is 0.285. The van der Waals surface area contributed by atoms with Crippen molar-refractivity contribution in [1.29, 1.82) is 0 Å². The van der Waals surface area contributed by atoms with E-state index in [2.05, 4.69) is 4.74 Å². The first-order valence-electron chi connectivity index (χ1n) is 3.62. The van der Waals surface area contributed by atoms with E-state index in [-0.39, 0.29) is 5.92 Å². The molecule has 4 nitrogen and oxygen atoms in total. The average Bonchev–Trinajstić information content (AvgIpc) is 2.69. The molecule has 1 atom stereocenters. The van der Waals surface area contributed by atoms with Crippen LogP contribution in [0, 0.1) is 5.92 Å². The standard InChI is InChI=1S/C5H11NO2.C2H4O/c1-3(2)4(6)5(7)8;1-2-3-1/h3-4H,6H2,1-2H3,(H,7,8);1-2H2/t4-;/m0./s1. The number of epoxide rings is 1. The summed E-state index contributed by atoms with van der Waals surface area (Å²) in [5, 5.41) is 8.23. The first kappa shape index (κ1) is 10.4. The molecule has 3 N–H and O–H groups in total. The van der Waals surface area contributed by atoms with Gasteiger partial charge in [-0.15, -0.1) is 0 Å². The molecule has 1 heterocycles. The van der Waals surface area contributed by atoms with Crippen LogP contribution in [0.15, 0.2) is 0 Å². The molecule has 0 saturated carbocycles. The van der Waals surface area contributed by atoms with Gasteiger partial charge in [0, 0.05) is 0 Å². The van der Waals surface area contributed by atoms with Crippen LogP contribution in [0.1, 0.15) is 13.8 Å². The Balaban J connectivity index is 0.000000271. The Kier molecular flexibility index (Phi) is 4.81. The number of carboxylic acid groups (broad SMARTS) is 1. The Morgan fingerprint density at radius 1 is 1.55 bits per heavy atom. The minimum atomic E-state index is -0.931. The molecule has 0 aromatic heterocycles. The van der Waals surface area contributed by atoms with Crippen molar-refractivity contribution in [1.82, 2.24) is 0 Å². The summed E-state index contributed by atoms with van der Waals surface area (Å²) in [6.07, 6.45) is 0. The van der Waals surface area contributed by atoms with Crippen LogP contribution < -0.4 is 5.73 Å². The van der Waals surface area contributed by atoms with Gasteiger partial charge in [0.2, 0.25) is 0 Å². The summed E-state index contributed by atoms with van der Waals surface area (Å²) in [4.78, 5) is 10.0. The van der Waals surface area contributed by atoms with Crippen molar-refractivity contribution in [3.05, 3.63) is 0 Å². The van der Waals surface area contributed by atoms with Crippen LogP contribution >= 0.6 is 0 Å². The zero-order valence-corrected chi connectivity index (χ0v) is 6.91. The van der Waals surface area contributed by atoms with Crippen LogP contribution in [0.2, 0.25) is 0 Å². The fourth-order valence-electron chi connectivity index (χ4n) is 0.285. The Morgan fingerprint density at radius 3 is 1.91 bits per heavy atom. The van der Waals surface area contributed by atoms with Crippen LogP contribution in [0.4, 0.5) is 0 Å². The summed E-state index contributed by atoms with van der Waals surface area (Å²) in [5.74, 6) is -0.910. The van der Waals surface area contributed by atoms with Crippen molar-refractivity contribution in [2.45, 2.75) is 19.9 Å². The van der Waals surface area contributed by atoms with Crippen LogP contribution in [0.5, 0.6) is 0 Å². The predicted molar refractivity (Wildman–Crippen MR) is 41.3 cm³/mol. The van der Waals surface area contributed by atoms with E-state index in [0.717, 1.165) is 13.2 Å². The normalized spacial score (nSPS) is 16.7. The second kappa shape index (κ2) is 5.09. The second-order valence-corrected chi connectivity index (χ2v) is 2.72. The van der Waals surface area contributed by atoms with Gasteiger partial charge in [-0.25, -0.2) is 0 Å². The summed E-state index contributed by atoms with van der Waals surface area (Å²) in [5.41, 5.74) is 5.16. The molecular weight excluding hydrogens is 146 g/mol. The van der Waals surface area contributed by atoms with Gasteiger partial charge in [-0.2, -0.15) is 0 Å². The average molecular weight is 161 g/mol. The molecule has 0 aliphatic carbocycles. The molecule has 1 aliphatic heterocycles. The van der Waals surface area contributed by atoms with E-state index in [1.54, 1.807) is 13.8 Å². The van der Waals surface area contributed by atoms with E-state index in [4.69, 9.17) is 10.8 Å². The van der Waals surface area contributed by atoms with E-state index in [1.165, 1.54) is 0 Å². The highest BCUT2D eigenvalue weighted by atomic mass is 16.6. The second-order valence-electron chi connectivity index (χ2n) is 2.72. The van der Waals surface area contributed by atoms with Crippen LogP contribution in [-0.4, -0.2) is 30.3 Å². The highest BCUT2D eigenvalue weighted by molar-refractivity contribution is 5.73. The number of carbonyl (C=O) groups is 1. The third-order valence-electron chi connectivity index (χ3n) is 1.21. The molecule has 0 aromatic carbocycles. The van der Waals surface area contributed by atoms with Gasteiger partial charge in [0.15, 0.2) is 0 Å². The molecule has 1 rings (SSSR count). The molecule has 0 spiro atoms. The number of ether oxygens (including phenoxy) is 1. The zero-order valence-electron chi connectivity index (χ0n) is 6.91. The highest BCUT2D eigenvalue weighted by Crippen LogP contribution is 1.96. The maximum Gasteiger partial charge on any atom is 0.320 e. The van der Waals surface area contributed by atoms with Gasteiger partial charge in [-0.3, -0.25) is 4.79 Å². The number of hydrogen-bond donors (Lipinski definition) is 2. The van der Waals surface area contributed by atoms with E-state index in [9.17, 15) is 4.79 Å². The predicted octanol–water partition coefficient (Wildman–Crippen LogP) is 0.0709.